The lowest BCUT2D eigenvalue weighted by molar-refractivity contribution is -0.217. The molecule has 4 nitrogen and oxygen atoms in total. The number of aliphatic carboxylic acids is 1. The standard InChI is InChI=1S/C16H24O4/c1-8-3-10(12-4-11(8)19-12)6-16(15(17)18)5-9(2)14-13(7-16)20-14/h8-14H,3-7H2,1-2H3,(H,17,18). The van der Waals surface area contributed by atoms with E-state index in [1.165, 1.54) is 0 Å². The Balaban J connectivity index is 1.52. The minimum absolute atomic E-state index is 0.200. The second-order valence-electron chi connectivity index (χ2n) is 7.74. The number of hydrogen-bond acceptors (Lipinski definition) is 3. The number of carboxylic acids is 1. The molecule has 8 atom stereocenters. The summed E-state index contributed by atoms with van der Waals surface area (Å²) in [6, 6.07) is 0. The summed E-state index contributed by atoms with van der Waals surface area (Å²) in [7, 11) is 0. The molecule has 5 aliphatic rings. The smallest absolute Gasteiger partial charge is 0.309 e. The van der Waals surface area contributed by atoms with E-state index in [4.69, 9.17) is 9.47 Å². The van der Waals surface area contributed by atoms with Crippen molar-refractivity contribution in [2.45, 2.75) is 70.4 Å². The van der Waals surface area contributed by atoms with E-state index in [9.17, 15) is 9.90 Å². The molecular formula is C16H24O4. The molecule has 2 bridgehead atoms. The molecule has 1 N–H and O–H groups in total. The zero-order chi connectivity index (χ0) is 14.1. The van der Waals surface area contributed by atoms with Crippen LogP contribution in [0.2, 0.25) is 0 Å². The zero-order valence-corrected chi connectivity index (χ0v) is 12.2. The number of carboxylic acid groups (broad SMARTS) is 1. The highest BCUT2D eigenvalue weighted by atomic mass is 16.6. The van der Waals surface area contributed by atoms with Gasteiger partial charge in [0.05, 0.1) is 29.8 Å². The average molecular weight is 280 g/mol. The Morgan fingerprint density at radius 1 is 1.10 bits per heavy atom. The monoisotopic (exact) mass is 280 g/mol. The third kappa shape index (κ3) is 1.84. The van der Waals surface area contributed by atoms with Gasteiger partial charge in [-0.1, -0.05) is 13.8 Å². The first-order chi connectivity index (χ1) is 9.48. The Labute approximate surface area is 119 Å². The van der Waals surface area contributed by atoms with Crippen LogP contribution in [-0.4, -0.2) is 35.5 Å². The lowest BCUT2D eigenvalue weighted by Crippen LogP contribution is -2.54. The van der Waals surface area contributed by atoms with Crippen LogP contribution in [0.15, 0.2) is 0 Å². The molecule has 0 aromatic rings. The third-order valence-electron chi connectivity index (χ3n) is 6.24. The summed E-state index contributed by atoms with van der Waals surface area (Å²) in [4.78, 5) is 12.0. The molecule has 3 saturated heterocycles. The zero-order valence-electron chi connectivity index (χ0n) is 12.2. The van der Waals surface area contributed by atoms with Crippen LogP contribution in [-0.2, 0) is 14.3 Å². The van der Waals surface area contributed by atoms with Crippen LogP contribution in [0.4, 0.5) is 0 Å². The van der Waals surface area contributed by atoms with Gasteiger partial charge < -0.3 is 14.6 Å². The first-order valence-corrected chi connectivity index (χ1v) is 8.03. The van der Waals surface area contributed by atoms with Gasteiger partial charge in [0.2, 0.25) is 0 Å². The van der Waals surface area contributed by atoms with Crippen LogP contribution in [0, 0.1) is 23.2 Å². The fourth-order valence-electron chi connectivity index (χ4n) is 5.06. The van der Waals surface area contributed by atoms with Crippen molar-refractivity contribution in [1.29, 1.82) is 0 Å². The fourth-order valence-corrected chi connectivity index (χ4v) is 5.06. The van der Waals surface area contributed by atoms with E-state index in [2.05, 4.69) is 13.8 Å². The van der Waals surface area contributed by atoms with Gasteiger partial charge in [0.25, 0.3) is 0 Å². The highest BCUT2D eigenvalue weighted by Gasteiger charge is 2.59. The van der Waals surface area contributed by atoms with Crippen molar-refractivity contribution in [1.82, 2.24) is 0 Å². The quantitative estimate of drug-likeness (QED) is 0.807. The van der Waals surface area contributed by atoms with Crippen LogP contribution in [0.3, 0.4) is 0 Å². The maximum absolute atomic E-state index is 12.0. The molecule has 0 aromatic carbocycles. The van der Waals surface area contributed by atoms with Crippen LogP contribution >= 0.6 is 0 Å². The van der Waals surface area contributed by atoms with Gasteiger partial charge in [-0.3, -0.25) is 4.79 Å². The van der Waals surface area contributed by atoms with Crippen LogP contribution in [0.5, 0.6) is 0 Å². The summed E-state index contributed by atoms with van der Waals surface area (Å²) in [6.45, 7) is 4.38. The number of rotatable bonds is 3. The van der Waals surface area contributed by atoms with Crippen molar-refractivity contribution in [2.24, 2.45) is 23.2 Å². The highest BCUT2D eigenvalue weighted by molar-refractivity contribution is 5.75. The van der Waals surface area contributed by atoms with E-state index in [1.807, 2.05) is 0 Å². The Morgan fingerprint density at radius 2 is 1.85 bits per heavy atom. The van der Waals surface area contributed by atoms with Gasteiger partial charge in [-0.05, 0) is 43.4 Å². The van der Waals surface area contributed by atoms with Gasteiger partial charge in [0.15, 0.2) is 0 Å². The van der Waals surface area contributed by atoms with Crippen LogP contribution in [0.1, 0.15) is 46.0 Å². The van der Waals surface area contributed by atoms with E-state index in [1.54, 1.807) is 0 Å². The lowest BCUT2D eigenvalue weighted by Gasteiger charge is -2.52. The fraction of sp³-hybridized carbons (Fsp3) is 0.938. The van der Waals surface area contributed by atoms with E-state index in [0.29, 0.717) is 42.5 Å². The van der Waals surface area contributed by atoms with Crippen molar-refractivity contribution >= 4 is 5.97 Å². The molecule has 0 radical (unpaired) electrons. The van der Waals surface area contributed by atoms with Crippen molar-refractivity contribution in [3.05, 3.63) is 0 Å². The molecule has 3 heterocycles. The number of ether oxygens (including phenoxy) is 2. The minimum Gasteiger partial charge on any atom is -0.481 e. The summed E-state index contributed by atoms with van der Waals surface area (Å²) in [6.07, 6.45) is 5.82. The molecule has 2 saturated carbocycles. The Hall–Kier alpha value is -0.610. The van der Waals surface area contributed by atoms with Crippen molar-refractivity contribution in [2.75, 3.05) is 0 Å². The first kappa shape index (κ1) is 13.1. The minimum atomic E-state index is -0.618. The third-order valence-corrected chi connectivity index (χ3v) is 6.24. The molecule has 4 heteroatoms. The number of hydrogen-bond donors (Lipinski definition) is 1. The predicted octanol–water partition coefficient (Wildman–Crippen LogP) is 2.46. The average Bonchev–Trinajstić information content (AvgIpc) is 3.05. The van der Waals surface area contributed by atoms with Gasteiger partial charge >= 0.3 is 5.97 Å². The van der Waals surface area contributed by atoms with E-state index >= 15 is 0 Å². The molecule has 2 aliphatic carbocycles. The normalized spacial score (nSPS) is 56.6. The lowest BCUT2D eigenvalue weighted by atomic mass is 9.61. The molecule has 0 spiro atoms. The Morgan fingerprint density at radius 3 is 2.45 bits per heavy atom. The molecule has 8 unspecified atom stereocenters. The van der Waals surface area contributed by atoms with Gasteiger partial charge in [-0.15, -0.1) is 0 Å². The van der Waals surface area contributed by atoms with Gasteiger partial charge in [0.1, 0.15) is 0 Å². The summed E-state index contributed by atoms with van der Waals surface area (Å²) in [5.41, 5.74) is -0.576. The van der Waals surface area contributed by atoms with Crippen LogP contribution < -0.4 is 0 Å². The number of carbonyl (C=O) groups is 1. The van der Waals surface area contributed by atoms with E-state index < -0.39 is 11.4 Å². The maximum Gasteiger partial charge on any atom is 0.309 e. The largest absolute Gasteiger partial charge is 0.481 e. The number of fused-ring (bicyclic) bond motifs is 3. The van der Waals surface area contributed by atoms with Gasteiger partial charge in [-0.25, -0.2) is 0 Å². The molecule has 3 aliphatic heterocycles. The van der Waals surface area contributed by atoms with Crippen molar-refractivity contribution in [3.8, 4) is 0 Å². The van der Waals surface area contributed by atoms with Crippen molar-refractivity contribution in [3.63, 3.8) is 0 Å². The molecule has 0 aromatic heterocycles. The molecule has 20 heavy (non-hydrogen) atoms. The van der Waals surface area contributed by atoms with E-state index in [-0.39, 0.29) is 6.10 Å². The first-order valence-electron chi connectivity index (χ1n) is 8.03. The summed E-state index contributed by atoms with van der Waals surface area (Å²) in [5, 5.41) is 9.84. The van der Waals surface area contributed by atoms with E-state index in [0.717, 1.165) is 25.7 Å². The second kappa shape index (κ2) is 4.20. The number of epoxide rings is 1. The summed E-state index contributed by atoms with van der Waals surface area (Å²) in [5.74, 6) is 0.767. The molecule has 112 valence electrons. The van der Waals surface area contributed by atoms with Crippen molar-refractivity contribution < 1.29 is 19.4 Å². The van der Waals surface area contributed by atoms with Crippen LogP contribution in [0.25, 0.3) is 0 Å². The topological polar surface area (TPSA) is 59.1 Å². The van der Waals surface area contributed by atoms with Gasteiger partial charge in [-0.2, -0.15) is 0 Å². The second-order valence-corrected chi connectivity index (χ2v) is 7.74. The molecule has 5 fully saturated rings. The molecular weight excluding hydrogens is 256 g/mol. The Kier molecular flexibility index (Phi) is 2.75. The predicted molar refractivity (Wildman–Crippen MR) is 72.3 cm³/mol. The molecule has 5 rings (SSSR count). The maximum atomic E-state index is 12.0. The molecule has 0 amide bonds. The summed E-state index contributed by atoms with van der Waals surface area (Å²) < 4.78 is 11.6. The SMILES string of the molecule is CC1CC(CC2(C(=O)O)CC(C)C3OC3C2)C2CC1O2. The summed E-state index contributed by atoms with van der Waals surface area (Å²) >= 11 is 0. The van der Waals surface area contributed by atoms with Gasteiger partial charge in [0, 0.05) is 6.42 Å². The Bertz CT molecular complexity index is 430. The highest BCUT2D eigenvalue weighted by Crippen LogP contribution is 2.55.